The average molecular weight is 258 g/mol. The summed E-state index contributed by atoms with van der Waals surface area (Å²) in [7, 11) is 1.77. The van der Waals surface area contributed by atoms with Gasteiger partial charge in [-0.3, -0.25) is 9.48 Å². The highest BCUT2D eigenvalue weighted by Crippen LogP contribution is 2.29. The summed E-state index contributed by atoms with van der Waals surface area (Å²) in [5, 5.41) is 4.37. The molecule has 0 bridgehead atoms. The molecule has 0 atom stereocenters. The Balaban J connectivity index is 2.50. The van der Waals surface area contributed by atoms with Crippen LogP contribution in [0, 0.1) is 13.8 Å². The monoisotopic (exact) mass is 258 g/mol. The smallest absolute Gasteiger partial charge is 0.168 e. The van der Waals surface area contributed by atoms with Gasteiger partial charge in [0.1, 0.15) is 11.4 Å². The van der Waals surface area contributed by atoms with E-state index in [2.05, 4.69) is 11.2 Å². The first kappa shape index (κ1) is 13.3. The molecule has 4 nitrogen and oxygen atoms in total. The van der Waals surface area contributed by atoms with Gasteiger partial charge in [0.15, 0.2) is 6.29 Å². The van der Waals surface area contributed by atoms with Gasteiger partial charge in [0, 0.05) is 12.6 Å². The fourth-order valence-electron chi connectivity index (χ4n) is 2.10. The number of rotatable bonds is 4. The van der Waals surface area contributed by atoms with E-state index in [4.69, 9.17) is 4.74 Å². The van der Waals surface area contributed by atoms with E-state index < -0.39 is 0 Å². The molecule has 0 unspecified atom stereocenters. The Hall–Kier alpha value is -2.10. The van der Waals surface area contributed by atoms with E-state index in [1.165, 1.54) is 0 Å². The van der Waals surface area contributed by atoms with Gasteiger partial charge in [-0.2, -0.15) is 5.10 Å². The van der Waals surface area contributed by atoms with Gasteiger partial charge in [-0.25, -0.2) is 0 Å². The molecule has 1 aromatic heterocycles. The van der Waals surface area contributed by atoms with Crippen LogP contribution in [0.5, 0.6) is 5.75 Å². The van der Waals surface area contributed by atoms with E-state index in [9.17, 15) is 4.79 Å². The number of carbonyl (C=O) groups is 1. The summed E-state index contributed by atoms with van der Waals surface area (Å²) in [6.45, 7) is 6.65. The Morgan fingerprint density at radius 2 is 2.00 bits per heavy atom. The number of aryl methyl sites for hydroxylation is 3. The maximum absolute atomic E-state index is 10.9. The third kappa shape index (κ3) is 2.52. The first-order chi connectivity index (χ1) is 9.06. The molecule has 0 aliphatic rings. The van der Waals surface area contributed by atoms with E-state index >= 15 is 0 Å². The molecule has 1 aromatic carbocycles. The molecule has 0 spiro atoms. The maximum atomic E-state index is 10.9. The van der Waals surface area contributed by atoms with Crippen molar-refractivity contribution < 1.29 is 9.53 Å². The number of aldehydes is 1. The van der Waals surface area contributed by atoms with Gasteiger partial charge in [0.2, 0.25) is 0 Å². The van der Waals surface area contributed by atoms with Gasteiger partial charge in [0.05, 0.1) is 12.3 Å². The van der Waals surface area contributed by atoms with Gasteiger partial charge in [-0.15, -0.1) is 0 Å². The summed E-state index contributed by atoms with van der Waals surface area (Å²) in [6.07, 6.45) is 0.813. The van der Waals surface area contributed by atoms with Crippen molar-refractivity contribution in [2.45, 2.75) is 20.8 Å². The SMILES string of the molecule is CCOc1cc(C)c(-c2cc(C=O)n(C)n2)cc1C. The fourth-order valence-corrected chi connectivity index (χ4v) is 2.10. The standard InChI is InChI=1S/C15H18N2O2/c1-5-19-15-7-10(2)13(6-11(15)3)14-8-12(9-18)17(4)16-14/h6-9H,5H2,1-4H3. The third-order valence-electron chi connectivity index (χ3n) is 3.13. The number of ether oxygens (including phenoxy) is 1. The first-order valence-corrected chi connectivity index (χ1v) is 6.30. The maximum Gasteiger partial charge on any atom is 0.168 e. The summed E-state index contributed by atoms with van der Waals surface area (Å²) in [6, 6.07) is 5.87. The van der Waals surface area contributed by atoms with Gasteiger partial charge in [-0.05, 0) is 50.1 Å². The van der Waals surface area contributed by atoms with Gasteiger partial charge in [-0.1, -0.05) is 0 Å². The van der Waals surface area contributed by atoms with Crippen LogP contribution in [-0.2, 0) is 7.05 Å². The molecule has 0 saturated carbocycles. The molecule has 0 aliphatic heterocycles. The summed E-state index contributed by atoms with van der Waals surface area (Å²) in [5.74, 6) is 0.898. The zero-order valence-corrected chi connectivity index (χ0v) is 11.7. The Bertz CT molecular complexity index is 615. The lowest BCUT2D eigenvalue weighted by atomic mass is 10.0. The van der Waals surface area contributed by atoms with E-state index in [1.54, 1.807) is 17.8 Å². The molecule has 0 N–H and O–H groups in total. The lowest BCUT2D eigenvalue weighted by molar-refractivity contribution is 0.111. The topological polar surface area (TPSA) is 44.1 Å². The van der Waals surface area contributed by atoms with Crippen molar-refractivity contribution in [1.82, 2.24) is 9.78 Å². The number of hydrogen-bond acceptors (Lipinski definition) is 3. The van der Waals surface area contributed by atoms with Crippen LogP contribution in [0.2, 0.25) is 0 Å². The molecule has 19 heavy (non-hydrogen) atoms. The molecule has 100 valence electrons. The summed E-state index contributed by atoms with van der Waals surface area (Å²) in [5.41, 5.74) is 4.57. The normalized spacial score (nSPS) is 10.5. The average Bonchev–Trinajstić information content (AvgIpc) is 2.75. The van der Waals surface area contributed by atoms with Crippen molar-refractivity contribution in [3.63, 3.8) is 0 Å². The van der Waals surface area contributed by atoms with Crippen molar-refractivity contribution >= 4 is 6.29 Å². The van der Waals surface area contributed by atoms with Crippen LogP contribution in [0.25, 0.3) is 11.3 Å². The minimum atomic E-state index is 0.570. The highest BCUT2D eigenvalue weighted by molar-refractivity contribution is 5.77. The Kier molecular flexibility index (Phi) is 3.69. The first-order valence-electron chi connectivity index (χ1n) is 6.30. The molecule has 2 rings (SSSR count). The largest absolute Gasteiger partial charge is 0.494 e. The summed E-state index contributed by atoms with van der Waals surface area (Å²) >= 11 is 0. The minimum Gasteiger partial charge on any atom is -0.494 e. The molecule has 0 aliphatic carbocycles. The predicted octanol–water partition coefficient (Wildman–Crippen LogP) is 2.92. The number of hydrogen-bond donors (Lipinski definition) is 0. The Morgan fingerprint density at radius 1 is 1.26 bits per heavy atom. The fraction of sp³-hybridized carbons (Fsp3) is 0.333. The van der Waals surface area contributed by atoms with Gasteiger partial charge >= 0.3 is 0 Å². The van der Waals surface area contributed by atoms with E-state index in [0.29, 0.717) is 12.3 Å². The Labute approximate surface area is 113 Å². The van der Waals surface area contributed by atoms with Crippen LogP contribution in [0.4, 0.5) is 0 Å². The highest BCUT2D eigenvalue weighted by Gasteiger charge is 2.11. The minimum absolute atomic E-state index is 0.570. The summed E-state index contributed by atoms with van der Waals surface area (Å²) in [4.78, 5) is 10.9. The number of nitrogens with zero attached hydrogens (tertiary/aromatic N) is 2. The molecular weight excluding hydrogens is 240 g/mol. The van der Waals surface area contributed by atoms with Crippen molar-refractivity contribution in [3.05, 3.63) is 35.0 Å². The quantitative estimate of drug-likeness (QED) is 0.792. The van der Waals surface area contributed by atoms with E-state index in [0.717, 1.165) is 34.4 Å². The number of benzene rings is 1. The third-order valence-corrected chi connectivity index (χ3v) is 3.13. The molecule has 0 saturated heterocycles. The number of aromatic nitrogens is 2. The lowest BCUT2D eigenvalue weighted by Gasteiger charge is -2.11. The van der Waals surface area contributed by atoms with Gasteiger partial charge in [0.25, 0.3) is 0 Å². The predicted molar refractivity (Wildman–Crippen MR) is 74.7 cm³/mol. The molecule has 0 radical (unpaired) electrons. The van der Waals surface area contributed by atoms with E-state index in [1.807, 2.05) is 26.8 Å². The van der Waals surface area contributed by atoms with Crippen LogP contribution in [0.1, 0.15) is 28.5 Å². The zero-order chi connectivity index (χ0) is 14.0. The second kappa shape index (κ2) is 5.26. The van der Waals surface area contributed by atoms with Crippen molar-refractivity contribution in [2.24, 2.45) is 7.05 Å². The van der Waals surface area contributed by atoms with Crippen molar-refractivity contribution in [1.29, 1.82) is 0 Å². The second-order valence-electron chi connectivity index (χ2n) is 4.56. The summed E-state index contributed by atoms with van der Waals surface area (Å²) < 4.78 is 7.17. The van der Waals surface area contributed by atoms with Crippen LogP contribution < -0.4 is 4.74 Å². The second-order valence-corrected chi connectivity index (χ2v) is 4.56. The van der Waals surface area contributed by atoms with Crippen LogP contribution in [-0.4, -0.2) is 22.7 Å². The van der Waals surface area contributed by atoms with Crippen LogP contribution in [0.3, 0.4) is 0 Å². The molecule has 2 aromatic rings. The zero-order valence-electron chi connectivity index (χ0n) is 11.7. The molecule has 0 amide bonds. The van der Waals surface area contributed by atoms with Crippen molar-refractivity contribution in [2.75, 3.05) is 6.61 Å². The molecular formula is C15H18N2O2. The number of carbonyl (C=O) groups excluding carboxylic acids is 1. The molecule has 1 heterocycles. The van der Waals surface area contributed by atoms with Crippen LogP contribution >= 0.6 is 0 Å². The highest BCUT2D eigenvalue weighted by atomic mass is 16.5. The molecule has 4 heteroatoms. The molecule has 0 fully saturated rings. The van der Waals surface area contributed by atoms with Gasteiger partial charge < -0.3 is 4.74 Å². The van der Waals surface area contributed by atoms with Crippen LogP contribution in [0.15, 0.2) is 18.2 Å². The van der Waals surface area contributed by atoms with Crippen molar-refractivity contribution in [3.8, 4) is 17.0 Å². The lowest BCUT2D eigenvalue weighted by Crippen LogP contribution is -1.97. The van der Waals surface area contributed by atoms with E-state index in [-0.39, 0.29) is 0 Å². The Morgan fingerprint density at radius 3 is 2.58 bits per heavy atom.